The van der Waals surface area contributed by atoms with Gasteiger partial charge in [-0.25, -0.2) is 0 Å². The van der Waals surface area contributed by atoms with Gasteiger partial charge in [-0.1, -0.05) is 30.3 Å². The third-order valence-electron chi connectivity index (χ3n) is 3.22. The molecule has 1 aliphatic heterocycles. The number of rotatable bonds is 4. The van der Waals surface area contributed by atoms with Crippen LogP contribution in [0.25, 0.3) is 0 Å². The molecule has 1 fully saturated rings. The number of benzene rings is 1. The van der Waals surface area contributed by atoms with E-state index in [0.29, 0.717) is 18.9 Å². The Morgan fingerprint density at radius 2 is 2.17 bits per heavy atom. The van der Waals surface area contributed by atoms with Gasteiger partial charge in [0.15, 0.2) is 0 Å². The maximum absolute atomic E-state index is 12.1. The zero-order valence-corrected chi connectivity index (χ0v) is 11.2. The van der Waals surface area contributed by atoms with Crippen molar-refractivity contribution in [3.05, 3.63) is 35.9 Å². The molecule has 0 spiro atoms. The van der Waals surface area contributed by atoms with E-state index in [-0.39, 0.29) is 17.9 Å². The zero-order valence-electron chi connectivity index (χ0n) is 10.3. The van der Waals surface area contributed by atoms with Crippen molar-refractivity contribution < 1.29 is 9.53 Å². The summed E-state index contributed by atoms with van der Waals surface area (Å²) in [6.45, 7) is 1.26. The molecule has 0 unspecified atom stereocenters. The lowest BCUT2D eigenvalue weighted by Gasteiger charge is -2.31. The van der Waals surface area contributed by atoms with Crippen LogP contribution in [0.15, 0.2) is 30.3 Å². The standard InChI is InChI=1S/C14H19NO2S/c16-14(15-8-10-18)13-12(7-4-9-17-13)11-5-2-1-3-6-11/h1-3,5-6,12-13,18H,4,7-10H2,(H,15,16)/t12-,13-/m1/s1. The summed E-state index contributed by atoms with van der Waals surface area (Å²) >= 11 is 4.10. The Kier molecular flexibility index (Phi) is 5.08. The Bertz CT molecular complexity index is 383. The lowest BCUT2D eigenvalue weighted by atomic mass is 9.87. The third kappa shape index (κ3) is 3.27. The molecule has 1 aliphatic rings. The number of hydrogen-bond donors (Lipinski definition) is 2. The molecule has 4 heteroatoms. The highest BCUT2D eigenvalue weighted by atomic mass is 32.1. The highest BCUT2D eigenvalue weighted by molar-refractivity contribution is 7.80. The fourth-order valence-corrected chi connectivity index (χ4v) is 2.47. The lowest BCUT2D eigenvalue weighted by molar-refractivity contribution is -0.137. The van der Waals surface area contributed by atoms with E-state index in [1.54, 1.807) is 0 Å². The van der Waals surface area contributed by atoms with Crippen LogP contribution in [0.5, 0.6) is 0 Å². The van der Waals surface area contributed by atoms with Gasteiger partial charge in [0.1, 0.15) is 6.10 Å². The van der Waals surface area contributed by atoms with Crippen molar-refractivity contribution in [2.45, 2.75) is 24.9 Å². The molecule has 0 bridgehead atoms. The Hall–Kier alpha value is -1.00. The van der Waals surface area contributed by atoms with Gasteiger partial charge >= 0.3 is 0 Å². The maximum Gasteiger partial charge on any atom is 0.249 e. The summed E-state index contributed by atoms with van der Waals surface area (Å²) in [5.74, 6) is 0.798. The van der Waals surface area contributed by atoms with Crippen LogP contribution in [0.1, 0.15) is 24.3 Å². The summed E-state index contributed by atoms with van der Waals surface area (Å²) in [7, 11) is 0. The molecule has 18 heavy (non-hydrogen) atoms. The van der Waals surface area contributed by atoms with Crippen LogP contribution in [0.2, 0.25) is 0 Å². The molecule has 2 atom stereocenters. The normalized spacial score (nSPS) is 23.6. The molecule has 98 valence electrons. The van der Waals surface area contributed by atoms with Crippen molar-refractivity contribution in [1.29, 1.82) is 0 Å². The summed E-state index contributed by atoms with van der Waals surface area (Å²) < 4.78 is 5.67. The summed E-state index contributed by atoms with van der Waals surface area (Å²) in [5, 5.41) is 2.86. The van der Waals surface area contributed by atoms with Crippen LogP contribution >= 0.6 is 12.6 Å². The van der Waals surface area contributed by atoms with Crippen LogP contribution in [-0.2, 0) is 9.53 Å². The number of amides is 1. The van der Waals surface area contributed by atoms with Crippen LogP contribution in [0.3, 0.4) is 0 Å². The smallest absolute Gasteiger partial charge is 0.249 e. The molecule has 1 heterocycles. The molecule has 0 aromatic heterocycles. The quantitative estimate of drug-likeness (QED) is 0.817. The second-order valence-corrected chi connectivity index (χ2v) is 4.91. The van der Waals surface area contributed by atoms with E-state index in [2.05, 4.69) is 30.1 Å². The van der Waals surface area contributed by atoms with Crippen molar-refractivity contribution >= 4 is 18.5 Å². The van der Waals surface area contributed by atoms with Crippen LogP contribution in [0, 0.1) is 0 Å². The van der Waals surface area contributed by atoms with E-state index in [1.165, 1.54) is 5.56 Å². The van der Waals surface area contributed by atoms with E-state index in [0.717, 1.165) is 12.8 Å². The van der Waals surface area contributed by atoms with Crippen LogP contribution in [0.4, 0.5) is 0 Å². The molecule has 1 N–H and O–H groups in total. The van der Waals surface area contributed by atoms with Crippen molar-refractivity contribution in [1.82, 2.24) is 5.32 Å². The molecule has 1 saturated heterocycles. The topological polar surface area (TPSA) is 38.3 Å². The molecule has 2 rings (SSSR count). The minimum atomic E-state index is -0.360. The van der Waals surface area contributed by atoms with Gasteiger partial charge in [-0.05, 0) is 18.4 Å². The molecule has 0 radical (unpaired) electrons. The van der Waals surface area contributed by atoms with Gasteiger partial charge in [0.05, 0.1) is 0 Å². The number of nitrogens with one attached hydrogen (secondary N) is 1. The Labute approximate surface area is 113 Å². The van der Waals surface area contributed by atoms with Gasteiger partial charge in [-0.3, -0.25) is 4.79 Å². The van der Waals surface area contributed by atoms with Crippen molar-refractivity contribution in [2.75, 3.05) is 18.9 Å². The van der Waals surface area contributed by atoms with Gasteiger partial charge in [0.2, 0.25) is 5.91 Å². The highest BCUT2D eigenvalue weighted by Crippen LogP contribution is 2.30. The molecule has 1 aromatic carbocycles. The second-order valence-electron chi connectivity index (χ2n) is 4.47. The van der Waals surface area contributed by atoms with Crippen molar-refractivity contribution in [3.8, 4) is 0 Å². The molecule has 0 aliphatic carbocycles. The Morgan fingerprint density at radius 3 is 2.89 bits per heavy atom. The first kappa shape index (κ1) is 13.4. The summed E-state index contributed by atoms with van der Waals surface area (Å²) in [4.78, 5) is 12.1. The first-order valence-corrected chi connectivity index (χ1v) is 7.01. The summed E-state index contributed by atoms with van der Waals surface area (Å²) in [5.41, 5.74) is 1.18. The van der Waals surface area contributed by atoms with Gasteiger partial charge in [0.25, 0.3) is 0 Å². The first-order valence-electron chi connectivity index (χ1n) is 6.38. The monoisotopic (exact) mass is 265 g/mol. The minimum Gasteiger partial charge on any atom is -0.368 e. The van der Waals surface area contributed by atoms with Gasteiger partial charge < -0.3 is 10.1 Å². The Morgan fingerprint density at radius 1 is 1.39 bits per heavy atom. The average Bonchev–Trinajstić information content (AvgIpc) is 2.45. The third-order valence-corrected chi connectivity index (χ3v) is 3.44. The molecule has 0 saturated carbocycles. The Balaban J connectivity index is 2.09. The van der Waals surface area contributed by atoms with E-state index in [4.69, 9.17) is 4.74 Å². The fraction of sp³-hybridized carbons (Fsp3) is 0.500. The van der Waals surface area contributed by atoms with E-state index in [1.807, 2.05) is 18.2 Å². The van der Waals surface area contributed by atoms with Gasteiger partial charge in [-0.15, -0.1) is 0 Å². The van der Waals surface area contributed by atoms with Crippen molar-refractivity contribution in [3.63, 3.8) is 0 Å². The number of hydrogen-bond acceptors (Lipinski definition) is 3. The summed E-state index contributed by atoms with van der Waals surface area (Å²) in [6, 6.07) is 10.1. The zero-order chi connectivity index (χ0) is 12.8. The second kappa shape index (κ2) is 6.81. The number of carbonyl (C=O) groups excluding carboxylic acids is 1. The van der Waals surface area contributed by atoms with Gasteiger partial charge in [-0.2, -0.15) is 12.6 Å². The van der Waals surface area contributed by atoms with E-state index in [9.17, 15) is 4.79 Å². The predicted octanol–water partition coefficient (Wildman–Crippen LogP) is 2.00. The van der Waals surface area contributed by atoms with Crippen LogP contribution in [-0.4, -0.2) is 30.9 Å². The fourth-order valence-electron chi connectivity index (χ4n) is 2.36. The van der Waals surface area contributed by atoms with Gasteiger partial charge in [0, 0.05) is 24.8 Å². The lowest BCUT2D eigenvalue weighted by Crippen LogP contribution is -2.43. The SMILES string of the molecule is O=C(NCCS)[C@@H]1OCCC[C@@H]1c1ccccc1. The summed E-state index contributed by atoms with van der Waals surface area (Å²) in [6.07, 6.45) is 1.65. The maximum atomic E-state index is 12.1. The number of thiol groups is 1. The van der Waals surface area contributed by atoms with E-state index >= 15 is 0 Å². The van der Waals surface area contributed by atoms with Crippen molar-refractivity contribution in [2.24, 2.45) is 0 Å². The minimum absolute atomic E-state index is 0.0161. The number of ether oxygens (including phenoxy) is 1. The molecular weight excluding hydrogens is 246 g/mol. The van der Waals surface area contributed by atoms with E-state index < -0.39 is 0 Å². The number of carbonyl (C=O) groups is 1. The molecule has 1 aromatic rings. The predicted molar refractivity (Wildman–Crippen MR) is 75.0 cm³/mol. The first-order chi connectivity index (χ1) is 8.83. The molecule has 1 amide bonds. The van der Waals surface area contributed by atoms with Crippen LogP contribution < -0.4 is 5.32 Å². The molecule has 3 nitrogen and oxygen atoms in total. The molecular formula is C14H19NO2S. The average molecular weight is 265 g/mol. The largest absolute Gasteiger partial charge is 0.368 e. The highest BCUT2D eigenvalue weighted by Gasteiger charge is 2.32.